The van der Waals surface area contributed by atoms with E-state index in [0.29, 0.717) is 43.2 Å². The van der Waals surface area contributed by atoms with Crippen molar-refractivity contribution >= 4 is 10.0 Å². The van der Waals surface area contributed by atoms with Crippen molar-refractivity contribution in [2.45, 2.75) is 25.3 Å². The highest BCUT2D eigenvalue weighted by atomic mass is 32.2. The highest BCUT2D eigenvalue weighted by Crippen LogP contribution is 2.19. The van der Waals surface area contributed by atoms with Crippen LogP contribution in [-0.4, -0.2) is 38.9 Å². The molecule has 0 aromatic heterocycles. The number of piperazine rings is 1. The molecule has 2 aromatic rings. The van der Waals surface area contributed by atoms with Gasteiger partial charge in [0.15, 0.2) is 0 Å². The summed E-state index contributed by atoms with van der Waals surface area (Å²) < 4.78 is 41.0. The Labute approximate surface area is 148 Å². The van der Waals surface area contributed by atoms with Gasteiger partial charge in [-0.3, -0.25) is 0 Å². The van der Waals surface area contributed by atoms with Crippen molar-refractivity contribution in [3.8, 4) is 0 Å². The first kappa shape index (κ1) is 18.0. The largest absolute Gasteiger partial charge is 0.329 e. The van der Waals surface area contributed by atoms with E-state index >= 15 is 0 Å². The first-order valence-electron chi connectivity index (χ1n) is 8.52. The minimum absolute atomic E-state index is 0.194. The summed E-state index contributed by atoms with van der Waals surface area (Å²) in [5.41, 5.74) is 2.74. The molecule has 0 amide bonds. The lowest BCUT2D eigenvalue weighted by molar-refractivity contribution is -0.917. The molecule has 1 heterocycles. The van der Waals surface area contributed by atoms with Crippen LogP contribution in [0.4, 0.5) is 4.39 Å². The first-order chi connectivity index (χ1) is 11.9. The van der Waals surface area contributed by atoms with Gasteiger partial charge in [-0.25, -0.2) is 12.8 Å². The molecule has 134 valence electrons. The third-order valence-corrected chi connectivity index (χ3v) is 6.84. The number of halogens is 1. The van der Waals surface area contributed by atoms with Gasteiger partial charge in [0.25, 0.3) is 0 Å². The van der Waals surface area contributed by atoms with Gasteiger partial charge in [0.2, 0.25) is 10.0 Å². The van der Waals surface area contributed by atoms with Crippen LogP contribution in [0.15, 0.2) is 47.4 Å². The van der Waals surface area contributed by atoms with E-state index in [1.807, 2.05) is 26.0 Å². The summed E-state index contributed by atoms with van der Waals surface area (Å²) in [5, 5.41) is 0. The highest BCUT2D eigenvalue weighted by Gasteiger charge is 2.30. The Hall–Kier alpha value is -1.76. The average Bonchev–Trinajstić information content (AvgIpc) is 2.60. The maximum Gasteiger partial charge on any atom is 0.243 e. The maximum absolute atomic E-state index is 13.8. The fraction of sp³-hybridized carbons (Fsp3) is 0.368. The van der Waals surface area contributed by atoms with Crippen molar-refractivity contribution in [3.63, 3.8) is 0 Å². The minimum Gasteiger partial charge on any atom is -0.329 e. The standard InChI is InChI=1S/C19H23FN2O2S/c1-15-7-8-18(13-16(15)2)25(23,24)22-11-9-21(10-12-22)14-17-5-3-4-6-19(17)20/h3-8,13H,9-12,14H2,1-2H3/p+1. The first-order valence-corrected chi connectivity index (χ1v) is 9.96. The van der Waals surface area contributed by atoms with Crippen LogP contribution < -0.4 is 4.90 Å². The number of hydrogen-bond donors (Lipinski definition) is 1. The lowest BCUT2D eigenvalue weighted by Crippen LogP contribution is -3.13. The van der Waals surface area contributed by atoms with Crippen molar-refractivity contribution < 1.29 is 17.7 Å². The molecule has 6 heteroatoms. The molecule has 1 aliphatic rings. The summed E-state index contributed by atoms with van der Waals surface area (Å²) in [4.78, 5) is 1.56. The predicted molar refractivity (Wildman–Crippen MR) is 95.5 cm³/mol. The van der Waals surface area contributed by atoms with Crippen LogP contribution in [0, 0.1) is 19.7 Å². The average molecular weight is 363 g/mol. The number of benzene rings is 2. The van der Waals surface area contributed by atoms with Crippen molar-refractivity contribution in [2.75, 3.05) is 26.2 Å². The molecule has 0 radical (unpaired) electrons. The molecular weight excluding hydrogens is 339 g/mol. The van der Waals surface area contributed by atoms with Crippen LogP contribution in [0.3, 0.4) is 0 Å². The third kappa shape index (κ3) is 3.92. The van der Waals surface area contributed by atoms with E-state index in [4.69, 9.17) is 0 Å². The number of nitrogens with one attached hydrogen (secondary N) is 1. The smallest absolute Gasteiger partial charge is 0.243 e. The van der Waals surface area contributed by atoms with E-state index < -0.39 is 10.0 Å². The maximum atomic E-state index is 13.8. The van der Waals surface area contributed by atoms with E-state index in [2.05, 4.69) is 0 Å². The van der Waals surface area contributed by atoms with Gasteiger partial charge in [-0.05, 0) is 43.2 Å². The number of quaternary nitrogens is 1. The molecule has 0 atom stereocenters. The number of rotatable bonds is 4. The highest BCUT2D eigenvalue weighted by molar-refractivity contribution is 7.89. The van der Waals surface area contributed by atoms with Gasteiger partial charge in [-0.15, -0.1) is 0 Å². The zero-order chi connectivity index (χ0) is 18.0. The number of aryl methyl sites for hydroxylation is 2. The molecule has 1 fully saturated rings. The fourth-order valence-electron chi connectivity index (χ4n) is 3.15. The van der Waals surface area contributed by atoms with Gasteiger partial charge in [0.1, 0.15) is 12.4 Å². The zero-order valence-electron chi connectivity index (χ0n) is 14.6. The molecule has 4 nitrogen and oxygen atoms in total. The van der Waals surface area contributed by atoms with Crippen molar-refractivity contribution in [1.29, 1.82) is 0 Å². The molecular formula is C19H24FN2O2S+. The zero-order valence-corrected chi connectivity index (χ0v) is 15.4. The number of hydrogen-bond acceptors (Lipinski definition) is 2. The quantitative estimate of drug-likeness (QED) is 0.895. The molecule has 1 aliphatic heterocycles. The lowest BCUT2D eigenvalue weighted by Gasteiger charge is -2.31. The monoisotopic (exact) mass is 363 g/mol. The van der Waals surface area contributed by atoms with Gasteiger partial charge in [0, 0.05) is 5.56 Å². The van der Waals surface area contributed by atoms with Crippen LogP contribution in [0.25, 0.3) is 0 Å². The second kappa shape index (κ2) is 7.23. The number of sulfonamides is 1. The third-order valence-electron chi connectivity index (χ3n) is 4.94. The van der Waals surface area contributed by atoms with E-state index in [1.165, 1.54) is 11.0 Å². The Bertz CT molecular complexity index is 859. The predicted octanol–water partition coefficient (Wildman–Crippen LogP) is 1.53. The lowest BCUT2D eigenvalue weighted by atomic mass is 10.1. The molecule has 3 rings (SSSR count). The SMILES string of the molecule is Cc1ccc(S(=O)(=O)N2CC[NH+](Cc3ccccc3F)CC2)cc1C. The van der Waals surface area contributed by atoms with E-state index in [-0.39, 0.29) is 5.82 Å². The van der Waals surface area contributed by atoms with Crippen LogP contribution in [-0.2, 0) is 16.6 Å². The molecule has 2 aromatic carbocycles. The molecule has 0 spiro atoms. The Kier molecular flexibility index (Phi) is 5.22. The van der Waals surface area contributed by atoms with Crippen LogP contribution in [0.1, 0.15) is 16.7 Å². The van der Waals surface area contributed by atoms with Crippen LogP contribution in [0.5, 0.6) is 0 Å². The van der Waals surface area contributed by atoms with Crippen LogP contribution >= 0.6 is 0 Å². The van der Waals surface area contributed by atoms with Gasteiger partial charge in [-0.1, -0.05) is 24.3 Å². The van der Waals surface area contributed by atoms with Crippen LogP contribution in [0.2, 0.25) is 0 Å². The number of nitrogens with zero attached hydrogens (tertiary/aromatic N) is 1. The summed E-state index contributed by atoms with van der Waals surface area (Å²) >= 11 is 0. The summed E-state index contributed by atoms with van der Waals surface area (Å²) in [7, 11) is -3.46. The summed E-state index contributed by atoms with van der Waals surface area (Å²) in [6.45, 7) is 6.75. The normalized spacial score (nSPS) is 16.9. The fourth-order valence-corrected chi connectivity index (χ4v) is 4.68. The minimum atomic E-state index is -3.46. The van der Waals surface area contributed by atoms with Gasteiger partial charge in [-0.2, -0.15) is 4.31 Å². The molecule has 0 aliphatic carbocycles. The molecule has 0 bridgehead atoms. The summed E-state index contributed by atoms with van der Waals surface area (Å²) in [5.74, 6) is -0.194. The molecule has 25 heavy (non-hydrogen) atoms. The van der Waals surface area contributed by atoms with E-state index in [9.17, 15) is 12.8 Å². The van der Waals surface area contributed by atoms with Crippen molar-refractivity contribution in [1.82, 2.24) is 4.31 Å². The van der Waals surface area contributed by atoms with Gasteiger partial charge < -0.3 is 4.90 Å². The van der Waals surface area contributed by atoms with Gasteiger partial charge in [0.05, 0.1) is 31.1 Å². The Morgan fingerprint density at radius 3 is 2.36 bits per heavy atom. The topological polar surface area (TPSA) is 41.8 Å². The summed E-state index contributed by atoms with van der Waals surface area (Å²) in [6.07, 6.45) is 0. The molecule has 1 saturated heterocycles. The Morgan fingerprint density at radius 1 is 1.04 bits per heavy atom. The van der Waals surface area contributed by atoms with E-state index in [1.54, 1.807) is 28.6 Å². The van der Waals surface area contributed by atoms with Gasteiger partial charge >= 0.3 is 0 Å². The molecule has 1 N–H and O–H groups in total. The molecule has 0 unspecified atom stereocenters. The van der Waals surface area contributed by atoms with Crippen molar-refractivity contribution in [2.24, 2.45) is 0 Å². The molecule has 0 saturated carbocycles. The van der Waals surface area contributed by atoms with E-state index in [0.717, 1.165) is 11.1 Å². The summed E-state index contributed by atoms with van der Waals surface area (Å²) in [6, 6.07) is 12.0. The second-order valence-corrected chi connectivity index (χ2v) is 8.61. The second-order valence-electron chi connectivity index (χ2n) is 6.67. The Balaban J connectivity index is 1.67. The van der Waals surface area contributed by atoms with Crippen molar-refractivity contribution in [3.05, 3.63) is 65.0 Å². The Morgan fingerprint density at radius 2 is 1.72 bits per heavy atom.